The van der Waals surface area contributed by atoms with Crippen molar-refractivity contribution in [2.45, 2.75) is 26.2 Å². The quantitative estimate of drug-likeness (QED) is 0.700. The molecule has 0 amide bonds. The standard InChI is InChI=1S/C12H14N2O/c1-12(2)5-4-10(15)9(8-12)11-13-6-3-7-14-11/h3-7,9H,8H2,1-2H3. The lowest BCUT2D eigenvalue weighted by atomic mass is 9.76. The second-order valence-corrected chi connectivity index (χ2v) is 4.59. The highest BCUT2D eigenvalue weighted by Gasteiger charge is 2.32. The van der Waals surface area contributed by atoms with Crippen LogP contribution >= 0.6 is 0 Å². The number of hydrogen-bond donors (Lipinski definition) is 0. The minimum absolute atomic E-state index is 0.0534. The third-order valence-corrected chi connectivity index (χ3v) is 2.67. The van der Waals surface area contributed by atoms with Crippen LogP contribution in [0.25, 0.3) is 0 Å². The molecule has 78 valence electrons. The van der Waals surface area contributed by atoms with Gasteiger partial charge in [-0.25, -0.2) is 9.97 Å². The molecule has 3 nitrogen and oxygen atoms in total. The maximum atomic E-state index is 11.7. The third-order valence-electron chi connectivity index (χ3n) is 2.67. The fraction of sp³-hybridized carbons (Fsp3) is 0.417. The van der Waals surface area contributed by atoms with Crippen LogP contribution in [-0.2, 0) is 4.79 Å². The highest BCUT2D eigenvalue weighted by Crippen LogP contribution is 2.35. The summed E-state index contributed by atoms with van der Waals surface area (Å²) in [4.78, 5) is 20.0. The molecule has 2 rings (SSSR count). The fourth-order valence-corrected chi connectivity index (χ4v) is 1.83. The van der Waals surface area contributed by atoms with E-state index in [0.29, 0.717) is 5.82 Å². The van der Waals surface area contributed by atoms with E-state index in [4.69, 9.17) is 0 Å². The third kappa shape index (κ3) is 2.12. The van der Waals surface area contributed by atoms with Crippen molar-refractivity contribution in [3.8, 4) is 0 Å². The van der Waals surface area contributed by atoms with Gasteiger partial charge >= 0.3 is 0 Å². The first-order chi connectivity index (χ1) is 7.08. The molecule has 1 atom stereocenters. The summed E-state index contributed by atoms with van der Waals surface area (Å²) in [5, 5.41) is 0. The Morgan fingerprint density at radius 1 is 1.33 bits per heavy atom. The highest BCUT2D eigenvalue weighted by molar-refractivity contribution is 5.95. The Labute approximate surface area is 89.3 Å². The molecular formula is C12H14N2O. The molecule has 15 heavy (non-hydrogen) atoms. The molecule has 0 saturated heterocycles. The zero-order valence-corrected chi connectivity index (χ0v) is 8.97. The number of rotatable bonds is 1. The van der Waals surface area contributed by atoms with Crippen LogP contribution in [0.2, 0.25) is 0 Å². The van der Waals surface area contributed by atoms with Crippen LogP contribution < -0.4 is 0 Å². The highest BCUT2D eigenvalue weighted by atomic mass is 16.1. The van der Waals surface area contributed by atoms with E-state index in [0.717, 1.165) is 6.42 Å². The zero-order chi connectivity index (χ0) is 10.9. The first-order valence-corrected chi connectivity index (χ1v) is 5.08. The van der Waals surface area contributed by atoms with E-state index in [-0.39, 0.29) is 17.1 Å². The van der Waals surface area contributed by atoms with E-state index < -0.39 is 0 Å². The van der Waals surface area contributed by atoms with Crippen LogP contribution in [-0.4, -0.2) is 15.8 Å². The lowest BCUT2D eigenvalue weighted by molar-refractivity contribution is -0.117. The summed E-state index contributed by atoms with van der Waals surface area (Å²) in [5.74, 6) is 0.576. The van der Waals surface area contributed by atoms with Crippen LogP contribution in [0.4, 0.5) is 0 Å². The number of ketones is 1. The second kappa shape index (κ2) is 3.57. The number of nitrogens with zero attached hydrogens (tertiary/aromatic N) is 2. The van der Waals surface area contributed by atoms with Gasteiger partial charge in [0.1, 0.15) is 5.82 Å². The molecule has 0 radical (unpaired) electrons. The molecule has 1 unspecified atom stereocenters. The first kappa shape index (κ1) is 10.0. The van der Waals surface area contributed by atoms with Crippen LogP contribution in [0.3, 0.4) is 0 Å². The molecule has 1 aromatic heterocycles. The second-order valence-electron chi connectivity index (χ2n) is 4.59. The van der Waals surface area contributed by atoms with E-state index in [2.05, 4.69) is 23.8 Å². The molecule has 0 aliphatic heterocycles. The monoisotopic (exact) mass is 202 g/mol. The summed E-state index contributed by atoms with van der Waals surface area (Å²) in [6.07, 6.45) is 7.77. The van der Waals surface area contributed by atoms with Gasteiger partial charge in [-0.1, -0.05) is 19.9 Å². The number of hydrogen-bond acceptors (Lipinski definition) is 3. The Kier molecular flexibility index (Phi) is 2.39. The Hall–Kier alpha value is -1.51. The lowest BCUT2D eigenvalue weighted by Crippen LogP contribution is -2.25. The Balaban J connectivity index is 2.31. The van der Waals surface area contributed by atoms with Gasteiger partial charge in [0.2, 0.25) is 0 Å². The van der Waals surface area contributed by atoms with Crippen molar-refractivity contribution in [1.29, 1.82) is 0 Å². The van der Waals surface area contributed by atoms with Crippen LogP contribution in [0.15, 0.2) is 30.6 Å². The number of allylic oxidation sites excluding steroid dienone is 2. The maximum Gasteiger partial charge on any atom is 0.166 e. The van der Waals surface area contributed by atoms with Crippen molar-refractivity contribution in [2.75, 3.05) is 0 Å². The number of aromatic nitrogens is 2. The van der Waals surface area contributed by atoms with Crippen LogP contribution in [0.5, 0.6) is 0 Å². The average molecular weight is 202 g/mol. The van der Waals surface area contributed by atoms with Gasteiger partial charge in [-0.05, 0) is 24.0 Å². The van der Waals surface area contributed by atoms with Gasteiger partial charge in [-0.2, -0.15) is 0 Å². The largest absolute Gasteiger partial charge is 0.294 e. The average Bonchev–Trinajstić information content (AvgIpc) is 2.23. The topological polar surface area (TPSA) is 42.9 Å². The normalized spacial score (nSPS) is 24.1. The molecule has 0 fully saturated rings. The van der Waals surface area contributed by atoms with Crippen molar-refractivity contribution in [3.05, 3.63) is 36.4 Å². The van der Waals surface area contributed by atoms with E-state index in [1.165, 1.54) is 0 Å². The van der Waals surface area contributed by atoms with E-state index in [1.54, 1.807) is 24.5 Å². The molecule has 0 aromatic carbocycles. The number of carbonyl (C=O) groups excluding carboxylic acids is 1. The lowest BCUT2D eigenvalue weighted by Gasteiger charge is -2.28. The van der Waals surface area contributed by atoms with E-state index in [9.17, 15) is 4.79 Å². The summed E-state index contributed by atoms with van der Waals surface area (Å²) in [6, 6.07) is 1.76. The maximum absolute atomic E-state index is 11.7. The zero-order valence-electron chi connectivity index (χ0n) is 8.97. The Morgan fingerprint density at radius 2 is 2.00 bits per heavy atom. The van der Waals surface area contributed by atoms with Gasteiger partial charge in [0, 0.05) is 12.4 Å². The van der Waals surface area contributed by atoms with Gasteiger partial charge in [-0.15, -0.1) is 0 Å². The van der Waals surface area contributed by atoms with Gasteiger partial charge in [-0.3, -0.25) is 4.79 Å². The van der Waals surface area contributed by atoms with Crippen molar-refractivity contribution in [2.24, 2.45) is 5.41 Å². The SMILES string of the molecule is CC1(C)C=CC(=O)C(c2ncccn2)C1. The minimum atomic E-state index is -0.175. The van der Waals surface area contributed by atoms with Gasteiger partial charge in [0.25, 0.3) is 0 Å². The summed E-state index contributed by atoms with van der Waals surface area (Å²) in [6.45, 7) is 4.23. The molecule has 0 bridgehead atoms. The van der Waals surface area contributed by atoms with Crippen molar-refractivity contribution in [1.82, 2.24) is 9.97 Å². The van der Waals surface area contributed by atoms with Crippen LogP contribution in [0.1, 0.15) is 32.0 Å². The Morgan fingerprint density at radius 3 is 2.67 bits per heavy atom. The van der Waals surface area contributed by atoms with Gasteiger partial charge in [0.15, 0.2) is 5.78 Å². The summed E-state index contributed by atoms with van der Waals surface area (Å²) in [5.41, 5.74) is 0.0534. The fourth-order valence-electron chi connectivity index (χ4n) is 1.83. The van der Waals surface area contributed by atoms with Gasteiger partial charge < -0.3 is 0 Å². The van der Waals surface area contributed by atoms with Gasteiger partial charge in [0.05, 0.1) is 5.92 Å². The predicted octanol–water partition coefficient (Wildman–Crippen LogP) is 2.12. The van der Waals surface area contributed by atoms with Crippen molar-refractivity contribution >= 4 is 5.78 Å². The van der Waals surface area contributed by atoms with E-state index in [1.807, 2.05) is 6.08 Å². The molecule has 1 aliphatic carbocycles. The minimum Gasteiger partial charge on any atom is -0.294 e. The predicted molar refractivity (Wildman–Crippen MR) is 57.3 cm³/mol. The first-order valence-electron chi connectivity index (χ1n) is 5.08. The molecule has 1 aliphatic rings. The number of carbonyl (C=O) groups is 1. The smallest absolute Gasteiger partial charge is 0.166 e. The summed E-state index contributed by atoms with van der Waals surface area (Å²) < 4.78 is 0. The summed E-state index contributed by atoms with van der Waals surface area (Å²) in [7, 11) is 0. The van der Waals surface area contributed by atoms with Crippen molar-refractivity contribution < 1.29 is 4.79 Å². The van der Waals surface area contributed by atoms with Crippen LogP contribution in [0, 0.1) is 5.41 Å². The van der Waals surface area contributed by atoms with E-state index >= 15 is 0 Å². The summed E-state index contributed by atoms with van der Waals surface area (Å²) >= 11 is 0. The molecule has 0 saturated carbocycles. The molecule has 1 aromatic rings. The molecule has 0 N–H and O–H groups in total. The molecular weight excluding hydrogens is 188 g/mol. The molecule has 3 heteroatoms. The van der Waals surface area contributed by atoms with Crippen molar-refractivity contribution in [3.63, 3.8) is 0 Å². The molecule has 0 spiro atoms. The Bertz CT molecular complexity index is 395. The molecule has 1 heterocycles.